The second-order valence-corrected chi connectivity index (χ2v) is 6.12. The Kier molecular flexibility index (Phi) is 4.38. The minimum absolute atomic E-state index is 0.0804. The lowest BCUT2D eigenvalue weighted by molar-refractivity contribution is -0.0982. The number of hydrogen-bond acceptors (Lipinski definition) is 3. The molecule has 0 aromatic carbocycles. The Balaban J connectivity index is 2.35. The number of nitrogens with one attached hydrogen (secondary N) is 1. The van der Waals surface area contributed by atoms with E-state index in [0.717, 1.165) is 25.8 Å². The van der Waals surface area contributed by atoms with Gasteiger partial charge in [0, 0.05) is 30.7 Å². The minimum atomic E-state index is -0.0804. The fourth-order valence-electron chi connectivity index (χ4n) is 2.65. The van der Waals surface area contributed by atoms with E-state index < -0.39 is 0 Å². The molecule has 0 aliphatic heterocycles. The first kappa shape index (κ1) is 13.9. The summed E-state index contributed by atoms with van der Waals surface area (Å²) in [4.78, 5) is 0. The SMILES string of the molecule is CCCC(C)(N)CNC1CC(OC)C1(C)C. The maximum absolute atomic E-state index is 6.22. The van der Waals surface area contributed by atoms with Gasteiger partial charge in [-0.2, -0.15) is 0 Å². The fraction of sp³-hybridized carbons (Fsp3) is 1.00. The second kappa shape index (κ2) is 5.03. The lowest BCUT2D eigenvalue weighted by Gasteiger charge is -2.52. The van der Waals surface area contributed by atoms with Crippen molar-refractivity contribution in [1.82, 2.24) is 5.32 Å². The van der Waals surface area contributed by atoms with Gasteiger partial charge in [0.1, 0.15) is 0 Å². The first-order valence-electron chi connectivity index (χ1n) is 6.38. The molecule has 96 valence electrons. The molecule has 1 saturated carbocycles. The van der Waals surface area contributed by atoms with Crippen molar-refractivity contribution in [3.8, 4) is 0 Å². The third-order valence-corrected chi connectivity index (χ3v) is 4.04. The molecule has 3 atom stereocenters. The smallest absolute Gasteiger partial charge is 0.0652 e. The molecule has 0 spiro atoms. The lowest BCUT2D eigenvalue weighted by Crippen LogP contribution is -2.63. The molecule has 16 heavy (non-hydrogen) atoms. The van der Waals surface area contributed by atoms with Gasteiger partial charge in [-0.1, -0.05) is 27.2 Å². The number of nitrogens with two attached hydrogens (primary N) is 1. The summed E-state index contributed by atoms with van der Waals surface area (Å²) in [5, 5.41) is 3.59. The Morgan fingerprint density at radius 1 is 1.50 bits per heavy atom. The summed E-state index contributed by atoms with van der Waals surface area (Å²) < 4.78 is 5.44. The molecular formula is C13H28N2O. The zero-order chi connectivity index (χ0) is 12.4. The van der Waals surface area contributed by atoms with Crippen molar-refractivity contribution in [2.75, 3.05) is 13.7 Å². The van der Waals surface area contributed by atoms with E-state index in [1.807, 2.05) is 0 Å². The first-order valence-corrected chi connectivity index (χ1v) is 6.38. The Bertz CT molecular complexity index is 226. The van der Waals surface area contributed by atoms with Crippen LogP contribution in [0.5, 0.6) is 0 Å². The topological polar surface area (TPSA) is 47.3 Å². The third kappa shape index (κ3) is 2.96. The van der Waals surface area contributed by atoms with Gasteiger partial charge < -0.3 is 15.8 Å². The van der Waals surface area contributed by atoms with Gasteiger partial charge in [0.2, 0.25) is 0 Å². The van der Waals surface area contributed by atoms with E-state index in [4.69, 9.17) is 10.5 Å². The highest BCUT2D eigenvalue weighted by Gasteiger charge is 2.48. The lowest BCUT2D eigenvalue weighted by atomic mass is 9.64. The predicted octanol–water partition coefficient (Wildman–Crippen LogP) is 1.91. The molecule has 3 unspecified atom stereocenters. The van der Waals surface area contributed by atoms with Crippen molar-refractivity contribution in [2.45, 2.75) is 64.6 Å². The van der Waals surface area contributed by atoms with Gasteiger partial charge in [0.05, 0.1) is 6.10 Å². The molecule has 1 aliphatic rings. The highest BCUT2D eigenvalue weighted by atomic mass is 16.5. The monoisotopic (exact) mass is 228 g/mol. The van der Waals surface area contributed by atoms with Crippen LogP contribution < -0.4 is 11.1 Å². The van der Waals surface area contributed by atoms with Crippen LogP contribution in [0.3, 0.4) is 0 Å². The van der Waals surface area contributed by atoms with E-state index in [-0.39, 0.29) is 11.0 Å². The minimum Gasteiger partial charge on any atom is -0.381 e. The van der Waals surface area contributed by atoms with Crippen LogP contribution in [0.4, 0.5) is 0 Å². The van der Waals surface area contributed by atoms with Crippen LogP contribution >= 0.6 is 0 Å². The Labute approximate surface area is 100 Å². The molecule has 0 amide bonds. The van der Waals surface area contributed by atoms with E-state index in [0.29, 0.717) is 12.1 Å². The molecule has 0 radical (unpaired) electrons. The summed E-state index contributed by atoms with van der Waals surface area (Å²) in [6.45, 7) is 9.72. The molecule has 0 aromatic rings. The summed E-state index contributed by atoms with van der Waals surface area (Å²) in [5.74, 6) is 0. The average molecular weight is 228 g/mol. The zero-order valence-electron chi connectivity index (χ0n) is 11.5. The zero-order valence-corrected chi connectivity index (χ0v) is 11.5. The van der Waals surface area contributed by atoms with E-state index in [2.05, 4.69) is 33.0 Å². The second-order valence-electron chi connectivity index (χ2n) is 6.12. The van der Waals surface area contributed by atoms with Crippen molar-refractivity contribution >= 4 is 0 Å². The average Bonchev–Trinajstić information content (AvgIpc) is 2.16. The summed E-state index contributed by atoms with van der Waals surface area (Å²) in [6.07, 6.45) is 3.70. The highest BCUT2D eigenvalue weighted by molar-refractivity contribution is 5.03. The van der Waals surface area contributed by atoms with Gasteiger partial charge in [-0.3, -0.25) is 0 Å². The summed E-state index contributed by atoms with van der Waals surface area (Å²) in [6, 6.07) is 0.539. The molecule has 1 fully saturated rings. The quantitative estimate of drug-likeness (QED) is 0.730. The summed E-state index contributed by atoms with van der Waals surface area (Å²) in [5.41, 5.74) is 6.37. The number of rotatable bonds is 6. The van der Waals surface area contributed by atoms with Crippen molar-refractivity contribution in [3.05, 3.63) is 0 Å². The van der Waals surface area contributed by atoms with Gasteiger partial charge in [-0.05, 0) is 19.8 Å². The van der Waals surface area contributed by atoms with Crippen molar-refractivity contribution in [3.63, 3.8) is 0 Å². The molecule has 0 aromatic heterocycles. The van der Waals surface area contributed by atoms with Crippen LogP contribution in [0, 0.1) is 5.41 Å². The fourth-order valence-corrected chi connectivity index (χ4v) is 2.65. The molecule has 0 heterocycles. The van der Waals surface area contributed by atoms with E-state index >= 15 is 0 Å². The largest absolute Gasteiger partial charge is 0.381 e. The van der Waals surface area contributed by atoms with E-state index in [9.17, 15) is 0 Å². The first-order chi connectivity index (χ1) is 7.33. The molecule has 0 bridgehead atoms. The molecule has 1 rings (SSSR count). The van der Waals surface area contributed by atoms with Gasteiger partial charge in [0.15, 0.2) is 0 Å². The number of hydrogen-bond donors (Lipinski definition) is 2. The van der Waals surface area contributed by atoms with Crippen LogP contribution in [-0.2, 0) is 4.74 Å². The van der Waals surface area contributed by atoms with Crippen molar-refractivity contribution < 1.29 is 4.74 Å². The molecule has 0 saturated heterocycles. The van der Waals surface area contributed by atoms with Gasteiger partial charge in [-0.25, -0.2) is 0 Å². The Morgan fingerprint density at radius 3 is 2.56 bits per heavy atom. The molecule has 3 heteroatoms. The number of ether oxygens (including phenoxy) is 1. The van der Waals surface area contributed by atoms with Crippen LogP contribution in [0.25, 0.3) is 0 Å². The molecule has 1 aliphatic carbocycles. The van der Waals surface area contributed by atoms with E-state index in [1.54, 1.807) is 7.11 Å². The van der Waals surface area contributed by atoms with Crippen molar-refractivity contribution in [2.24, 2.45) is 11.1 Å². The molecule has 3 nitrogen and oxygen atoms in total. The maximum atomic E-state index is 6.22. The Morgan fingerprint density at radius 2 is 2.12 bits per heavy atom. The molecular weight excluding hydrogens is 200 g/mol. The van der Waals surface area contributed by atoms with Gasteiger partial charge >= 0.3 is 0 Å². The van der Waals surface area contributed by atoms with E-state index in [1.165, 1.54) is 0 Å². The standard InChI is InChI=1S/C13H28N2O/c1-6-7-13(4,14)9-15-10-8-11(16-5)12(10,2)3/h10-11,15H,6-9,14H2,1-5H3. The van der Waals surface area contributed by atoms with Crippen LogP contribution in [0.15, 0.2) is 0 Å². The van der Waals surface area contributed by atoms with Gasteiger partial charge in [0.25, 0.3) is 0 Å². The summed E-state index contributed by atoms with van der Waals surface area (Å²) >= 11 is 0. The van der Waals surface area contributed by atoms with Crippen LogP contribution in [0.1, 0.15) is 47.0 Å². The third-order valence-electron chi connectivity index (χ3n) is 4.04. The van der Waals surface area contributed by atoms with Crippen LogP contribution in [-0.4, -0.2) is 31.3 Å². The Hall–Kier alpha value is -0.120. The van der Waals surface area contributed by atoms with Crippen LogP contribution in [0.2, 0.25) is 0 Å². The maximum Gasteiger partial charge on any atom is 0.0652 e. The number of methoxy groups -OCH3 is 1. The summed E-state index contributed by atoms with van der Waals surface area (Å²) in [7, 11) is 1.80. The van der Waals surface area contributed by atoms with Crippen molar-refractivity contribution in [1.29, 1.82) is 0 Å². The predicted molar refractivity (Wildman–Crippen MR) is 68.5 cm³/mol. The molecule has 3 N–H and O–H groups in total. The highest BCUT2D eigenvalue weighted by Crippen LogP contribution is 2.42. The van der Waals surface area contributed by atoms with Gasteiger partial charge in [-0.15, -0.1) is 0 Å². The normalized spacial score (nSPS) is 31.9.